The van der Waals surface area contributed by atoms with Gasteiger partial charge in [0.25, 0.3) is 0 Å². The number of hydrogen-bond acceptors (Lipinski definition) is 6. The maximum atomic E-state index is 12.8. The molecule has 374 valence electrons. The lowest BCUT2D eigenvalue weighted by Gasteiger charge is -2.18. The molecule has 0 aromatic rings. The van der Waals surface area contributed by atoms with E-state index in [4.69, 9.17) is 14.2 Å². The van der Waals surface area contributed by atoms with Crippen LogP contribution < -0.4 is 0 Å². The van der Waals surface area contributed by atoms with Crippen molar-refractivity contribution < 1.29 is 28.6 Å². The summed E-state index contributed by atoms with van der Waals surface area (Å²) in [5, 5.41) is 0. The molecule has 0 saturated carbocycles. The molecule has 0 aliphatic rings. The monoisotopic (exact) mass is 891 g/mol. The van der Waals surface area contributed by atoms with E-state index in [1.54, 1.807) is 0 Å². The molecule has 63 heavy (non-hydrogen) atoms. The van der Waals surface area contributed by atoms with Crippen molar-refractivity contribution in [2.45, 2.75) is 335 Å². The molecule has 0 rings (SSSR count). The Hall–Kier alpha value is -1.59. The topological polar surface area (TPSA) is 78.9 Å². The Morgan fingerprint density at radius 2 is 0.429 bits per heavy atom. The van der Waals surface area contributed by atoms with Gasteiger partial charge in [0.2, 0.25) is 0 Å². The van der Waals surface area contributed by atoms with Crippen molar-refractivity contribution in [3.63, 3.8) is 0 Å². The highest BCUT2D eigenvalue weighted by Gasteiger charge is 2.19. The molecule has 0 heterocycles. The first-order valence-corrected chi connectivity index (χ1v) is 28.5. The highest BCUT2D eigenvalue weighted by molar-refractivity contribution is 5.71. The van der Waals surface area contributed by atoms with Gasteiger partial charge in [0.1, 0.15) is 13.2 Å². The van der Waals surface area contributed by atoms with E-state index in [1.807, 2.05) is 0 Å². The summed E-state index contributed by atoms with van der Waals surface area (Å²) in [5.41, 5.74) is 0. The third kappa shape index (κ3) is 51.3. The molecule has 6 nitrogen and oxygen atoms in total. The molecule has 6 heteroatoms. The predicted octanol–water partition coefficient (Wildman–Crippen LogP) is 18.8. The highest BCUT2D eigenvalue weighted by atomic mass is 16.6. The van der Waals surface area contributed by atoms with Crippen LogP contribution in [0.1, 0.15) is 329 Å². The second kappa shape index (κ2) is 53.0. The number of ether oxygens (including phenoxy) is 3. The maximum Gasteiger partial charge on any atom is 0.306 e. The second-order valence-electron chi connectivity index (χ2n) is 19.6. The fraction of sp³-hybridized carbons (Fsp3) is 0.947. The first-order valence-electron chi connectivity index (χ1n) is 28.5. The quantitative estimate of drug-likeness (QED) is 0.0344. The summed E-state index contributed by atoms with van der Waals surface area (Å²) in [6, 6.07) is 0. The molecular weight excluding hydrogens is 781 g/mol. The van der Waals surface area contributed by atoms with Crippen LogP contribution in [0.15, 0.2) is 0 Å². The zero-order valence-electron chi connectivity index (χ0n) is 42.9. The molecular formula is C57H110O6. The lowest BCUT2D eigenvalue weighted by atomic mass is 10.0. The van der Waals surface area contributed by atoms with Gasteiger partial charge in [0, 0.05) is 19.3 Å². The first kappa shape index (κ1) is 61.4. The van der Waals surface area contributed by atoms with Gasteiger partial charge in [-0.15, -0.1) is 0 Å². The number of carbonyl (C=O) groups excluding carboxylic acids is 3. The van der Waals surface area contributed by atoms with E-state index in [1.165, 1.54) is 231 Å². The smallest absolute Gasteiger partial charge is 0.306 e. The summed E-state index contributed by atoms with van der Waals surface area (Å²) in [7, 11) is 0. The van der Waals surface area contributed by atoms with Crippen LogP contribution in [-0.4, -0.2) is 37.2 Å². The van der Waals surface area contributed by atoms with Crippen molar-refractivity contribution in [3.8, 4) is 0 Å². The van der Waals surface area contributed by atoms with E-state index >= 15 is 0 Å². The zero-order valence-corrected chi connectivity index (χ0v) is 42.9. The van der Waals surface area contributed by atoms with E-state index in [0.717, 1.165) is 57.8 Å². The van der Waals surface area contributed by atoms with Gasteiger partial charge in [-0.3, -0.25) is 14.4 Å². The molecule has 0 aliphatic carbocycles. The molecule has 0 fully saturated rings. The fourth-order valence-electron chi connectivity index (χ4n) is 8.80. The van der Waals surface area contributed by atoms with Crippen molar-refractivity contribution in [2.75, 3.05) is 13.2 Å². The van der Waals surface area contributed by atoms with Gasteiger partial charge in [-0.2, -0.15) is 0 Å². The average Bonchev–Trinajstić information content (AvgIpc) is 3.28. The Bertz CT molecular complexity index is 936. The molecule has 1 atom stereocenters. The Labute approximate surface area is 393 Å². The zero-order chi connectivity index (χ0) is 45.8. The van der Waals surface area contributed by atoms with Gasteiger partial charge in [-0.25, -0.2) is 0 Å². The minimum Gasteiger partial charge on any atom is -0.462 e. The van der Waals surface area contributed by atoms with E-state index in [-0.39, 0.29) is 31.1 Å². The minimum atomic E-state index is -0.760. The van der Waals surface area contributed by atoms with E-state index in [9.17, 15) is 14.4 Å². The van der Waals surface area contributed by atoms with Crippen molar-refractivity contribution >= 4 is 17.9 Å². The fourth-order valence-corrected chi connectivity index (χ4v) is 8.80. The van der Waals surface area contributed by atoms with Crippen molar-refractivity contribution in [3.05, 3.63) is 0 Å². The first-order chi connectivity index (χ1) is 31.0. The van der Waals surface area contributed by atoms with Gasteiger partial charge in [-0.1, -0.05) is 290 Å². The Balaban J connectivity index is 4.26. The minimum absolute atomic E-state index is 0.0612. The maximum absolute atomic E-state index is 12.8. The summed E-state index contributed by atoms with van der Waals surface area (Å²) in [6.45, 7) is 6.70. The summed E-state index contributed by atoms with van der Waals surface area (Å²) < 4.78 is 16.9. The number of esters is 3. The Morgan fingerprint density at radius 3 is 0.635 bits per heavy atom. The van der Waals surface area contributed by atoms with Crippen LogP contribution >= 0.6 is 0 Å². The molecule has 0 aromatic heterocycles. The van der Waals surface area contributed by atoms with Crippen LogP contribution in [0.2, 0.25) is 0 Å². The normalized spacial score (nSPS) is 11.9. The molecule has 0 aromatic carbocycles. The summed E-state index contributed by atoms with van der Waals surface area (Å²) in [5.74, 6) is -0.834. The van der Waals surface area contributed by atoms with Gasteiger partial charge < -0.3 is 14.2 Å². The summed E-state index contributed by atoms with van der Waals surface area (Å²) >= 11 is 0. The molecule has 0 N–H and O–H groups in total. The molecule has 0 unspecified atom stereocenters. The largest absolute Gasteiger partial charge is 0.462 e. The van der Waals surface area contributed by atoms with Crippen LogP contribution in [0.4, 0.5) is 0 Å². The lowest BCUT2D eigenvalue weighted by Crippen LogP contribution is -2.30. The van der Waals surface area contributed by atoms with E-state index in [2.05, 4.69) is 20.8 Å². The van der Waals surface area contributed by atoms with Crippen LogP contribution in [-0.2, 0) is 28.6 Å². The Morgan fingerprint density at radius 1 is 0.254 bits per heavy atom. The van der Waals surface area contributed by atoms with Gasteiger partial charge in [0.15, 0.2) is 6.10 Å². The number of rotatable bonds is 53. The highest BCUT2D eigenvalue weighted by Crippen LogP contribution is 2.17. The van der Waals surface area contributed by atoms with Gasteiger partial charge in [0.05, 0.1) is 0 Å². The molecule has 0 aliphatic heterocycles. The van der Waals surface area contributed by atoms with Crippen molar-refractivity contribution in [2.24, 2.45) is 0 Å². The number of hydrogen-bond donors (Lipinski definition) is 0. The standard InChI is InChI=1S/C57H110O6/c1-4-7-10-13-16-19-22-25-27-29-31-33-36-38-41-44-47-50-56(59)62-53-54(63-57(60)51-48-45-42-39-34-24-21-18-15-12-9-6-3)52-61-55(58)49-46-43-40-37-35-32-30-28-26-23-20-17-14-11-8-5-2/h54H,4-53H2,1-3H3/t54-/m1/s1. The van der Waals surface area contributed by atoms with E-state index in [0.29, 0.717) is 19.3 Å². The van der Waals surface area contributed by atoms with Crippen molar-refractivity contribution in [1.82, 2.24) is 0 Å². The molecule has 0 radical (unpaired) electrons. The number of unbranched alkanes of at least 4 members (excludes halogenated alkanes) is 42. The van der Waals surface area contributed by atoms with Crippen LogP contribution in [0, 0.1) is 0 Å². The lowest BCUT2D eigenvalue weighted by molar-refractivity contribution is -0.167. The molecule has 0 saturated heterocycles. The summed E-state index contributed by atoms with van der Waals surface area (Å²) in [6.07, 6.45) is 58.0. The van der Waals surface area contributed by atoms with E-state index < -0.39 is 6.10 Å². The third-order valence-electron chi connectivity index (χ3n) is 13.1. The Kier molecular flexibility index (Phi) is 51.7. The summed E-state index contributed by atoms with van der Waals surface area (Å²) in [4.78, 5) is 38.1. The van der Waals surface area contributed by atoms with Crippen molar-refractivity contribution in [1.29, 1.82) is 0 Å². The van der Waals surface area contributed by atoms with Crippen LogP contribution in [0.25, 0.3) is 0 Å². The number of carbonyl (C=O) groups is 3. The second-order valence-corrected chi connectivity index (χ2v) is 19.6. The third-order valence-corrected chi connectivity index (χ3v) is 13.1. The molecule has 0 spiro atoms. The molecule has 0 bridgehead atoms. The molecule has 0 amide bonds. The SMILES string of the molecule is CCCCCCCCCCCCCCCCCCCC(=O)OC[C@@H](COC(=O)CCCCCCCCCCCCCCCCCC)OC(=O)CCCCCCCCCCCCCC. The van der Waals surface area contributed by atoms with Crippen LogP contribution in [0.5, 0.6) is 0 Å². The average molecular weight is 892 g/mol. The van der Waals surface area contributed by atoms with Gasteiger partial charge in [-0.05, 0) is 19.3 Å². The van der Waals surface area contributed by atoms with Crippen LogP contribution in [0.3, 0.4) is 0 Å². The van der Waals surface area contributed by atoms with Gasteiger partial charge >= 0.3 is 17.9 Å². The predicted molar refractivity (Wildman–Crippen MR) is 270 cm³/mol.